The molecule has 4 nitrogen and oxygen atoms in total. The average molecular weight is 356 g/mol. The van der Waals surface area contributed by atoms with Gasteiger partial charge in [-0.1, -0.05) is 36.4 Å². The number of aliphatic hydroxyl groups is 1. The molecule has 3 aromatic rings. The largest absolute Gasteiger partial charge is 0.387 e. The molecule has 0 aliphatic carbocycles. The minimum absolute atomic E-state index is 0.0259. The van der Waals surface area contributed by atoms with Crippen molar-refractivity contribution in [2.45, 2.75) is 6.10 Å². The van der Waals surface area contributed by atoms with Gasteiger partial charge in [0.25, 0.3) is 0 Å². The van der Waals surface area contributed by atoms with E-state index in [2.05, 4.69) is 16.0 Å². The Balaban J connectivity index is 1.54. The van der Waals surface area contributed by atoms with Gasteiger partial charge in [-0.15, -0.1) is 0 Å². The minimum atomic E-state index is -0.845. The molecule has 1 aromatic heterocycles. The molecule has 0 bridgehead atoms. The molecule has 0 saturated heterocycles. The topological polar surface area (TPSA) is 61.4 Å². The molecule has 128 valence electrons. The summed E-state index contributed by atoms with van der Waals surface area (Å²) < 4.78 is 13.5. The number of hydrogen-bond acceptors (Lipinski definition) is 3. The van der Waals surface area contributed by atoms with Crippen LogP contribution in [0, 0.1) is 5.82 Å². The molecule has 1 heterocycles. The zero-order valence-corrected chi connectivity index (χ0v) is 14.1. The fourth-order valence-corrected chi connectivity index (χ4v) is 3.03. The third-order valence-corrected chi connectivity index (χ3v) is 4.41. The van der Waals surface area contributed by atoms with Gasteiger partial charge < -0.3 is 15.7 Å². The van der Waals surface area contributed by atoms with Crippen LogP contribution in [0.4, 0.5) is 14.9 Å². The summed E-state index contributed by atoms with van der Waals surface area (Å²) in [6, 6.07) is 14.9. The van der Waals surface area contributed by atoms with E-state index in [1.54, 1.807) is 23.5 Å². The first kappa shape index (κ1) is 17.1. The minimum Gasteiger partial charge on any atom is -0.387 e. The van der Waals surface area contributed by atoms with Crippen molar-refractivity contribution < 1.29 is 14.3 Å². The van der Waals surface area contributed by atoms with Crippen LogP contribution >= 0.6 is 11.3 Å². The number of benzene rings is 2. The van der Waals surface area contributed by atoms with Crippen molar-refractivity contribution >= 4 is 23.1 Å². The first-order chi connectivity index (χ1) is 12.1. The summed E-state index contributed by atoms with van der Waals surface area (Å²) in [5.74, 6) is -0.512. The second-order valence-electron chi connectivity index (χ2n) is 5.46. The van der Waals surface area contributed by atoms with Crippen LogP contribution in [0.25, 0.3) is 11.1 Å². The van der Waals surface area contributed by atoms with Crippen molar-refractivity contribution in [2.24, 2.45) is 0 Å². The molecule has 0 fully saturated rings. The summed E-state index contributed by atoms with van der Waals surface area (Å²) >= 11 is 1.63. The van der Waals surface area contributed by atoms with E-state index < -0.39 is 18.0 Å². The Kier molecular flexibility index (Phi) is 5.42. The lowest BCUT2D eigenvalue weighted by molar-refractivity contribution is 0.175. The maximum Gasteiger partial charge on any atom is 0.319 e. The predicted molar refractivity (Wildman–Crippen MR) is 98.1 cm³/mol. The van der Waals surface area contributed by atoms with Gasteiger partial charge in [0.1, 0.15) is 5.82 Å². The molecular weight excluding hydrogens is 339 g/mol. The molecule has 0 aliphatic rings. The number of para-hydroxylation sites is 1. The van der Waals surface area contributed by atoms with Gasteiger partial charge in [-0.25, -0.2) is 9.18 Å². The van der Waals surface area contributed by atoms with Gasteiger partial charge in [0, 0.05) is 6.54 Å². The van der Waals surface area contributed by atoms with Gasteiger partial charge in [0.2, 0.25) is 0 Å². The average Bonchev–Trinajstić information content (AvgIpc) is 3.16. The maximum absolute atomic E-state index is 13.5. The van der Waals surface area contributed by atoms with E-state index in [0.717, 1.165) is 11.1 Å². The Hall–Kier alpha value is -2.70. The molecule has 3 N–H and O–H groups in total. The Labute approximate surface area is 149 Å². The van der Waals surface area contributed by atoms with E-state index in [1.807, 2.05) is 35.7 Å². The first-order valence-electron chi connectivity index (χ1n) is 7.73. The van der Waals surface area contributed by atoms with Crippen LogP contribution in [0.1, 0.15) is 11.7 Å². The van der Waals surface area contributed by atoms with Gasteiger partial charge in [0.05, 0.1) is 11.8 Å². The highest BCUT2D eigenvalue weighted by Gasteiger charge is 2.11. The Morgan fingerprint density at radius 3 is 2.52 bits per heavy atom. The van der Waals surface area contributed by atoms with Gasteiger partial charge in [-0.3, -0.25) is 0 Å². The smallest absolute Gasteiger partial charge is 0.319 e. The first-order valence-corrected chi connectivity index (χ1v) is 8.68. The van der Waals surface area contributed by atoms with Crippen LogP contribution in [0.15, 0.2) is 65.4 Å². The summed E-state index contributed by atoms with van der Waals surface area (Å²) in [5, 5.41) is 19.2. The molecule has 25 heavy (non-hydrogen) atoms. The summed E-state index contributed by atoms with van der Waals surface area (Å²) in [5.41, 5.74) is 3.00. The molecular formula is C19H17FN2O2S. The quantitative estimate of drug-likeness (QED) is 0.634. The van der Waals surface area contributed by atoms with E-state index in [-0.39, 0.29) is 12.2 Å². The third-order valence-electron chi connectivity index (χ3n) is 3.73. The van der Waals surface area contributed by atoms with Crippen molar-refractivity contribution in [3.05, 3.63) is 76.7 Å². The number of halogens is 1. The third kappa shape index (κ3) is 4.43. The number of hydrogen-bond donors (Lipinski definition) is 3. The van der Waals surface area contributed by atoms with E-state index in [1.165, 1.54) is 12.1 Å². The molecule has 2 aromatic carbocycles. The number of nitrogens with one attached hydrogen (secondary N) is 2. The van der Waals surface area contributed by atoms with Gasteiger partial charge in [-0.05, 0) is 45.6 Å². The standard InChI is InChI=1S/C19H17FN2O2S/c20-16-3-1-2-4-17(16)22-19(24)21-11-18(23)14-7-5-13(6-8-14)15-9-10-25-12-15/h1-10,12,18,23H,11H2,(H2,21,22,24). The highest BCUT2D eigenvalue weighted by atomic mass is 32.1. The lowest BCUT2D eigenvalue weighted by Gasteiger charge is -2.13. The second-order valence-corrected chi connectivity index (χ2v) is 6.24. The fourth-order valence-electron chi connectivity index (χ4n) is 2.36. The van der Waals surface area contributed by atoms with E-state index in [4.69, 9.17) is 0 Å². The van der Waals surface area contributed by atoms with Crippen LogP contribution < -0.4 is 10.6 Å². The zero-order valence-electron chi connectivity index (χ0n) is 13.3. The van der Waals surface area contributed by atoms with Crippen LogP contribution in [0.5, 0.6) is 0 Å². The lowest BCUT2D eigenvalue weighted by atomic mass is 10.0. The fraction of sp³-hybridized carbons (Fsp3) is 0.105. The van der Waals surface area contributed by atoms with Crippen LogP contribution in [0.2, 0.25) is 0 Å². The Morgan fingerprint density at radius 1 is 1.08 bits per heavy atom. The molecule has 0 saturated carbocycles. The van der Waals surface area contributed by atoms with Crippen molar-refractivity contribution in [3.63, 3.8) is 0 Å². The maximum atomic E-state index is 13.5. The van der Waals surface area contributed by atoms with Crippen LogP contribution in [-0.2, 0) is 0 Å². The zero-order chi connectivity index (χ0) is 17.6. The molecule has 1 atom stereocenters. The number of amides is 2. The predicted octanol–water partition coefficient (Wildman–Crippen LogP) is 4.41. The Morgan fingerprint density at radius 2 is 1.84 bits per heavy atom. The number of anilines is 1. The Bertz CT molecular complexity index is 835. The number of carbonyl (C=O) groups is 1. The summed E-state index contributed by atoms with van der Waals surface area (Å²) in [6.45, 7) is 0.0259. The molecule has 0 radical (unpaired) electrons. The number of carbonyl (C=O) groups excluding carboxylic acids is 1. The summed E-state index contributed by atoms with van der Waals surface area (Å²) in [6.07, 6.45) is -0.845. The number of rotatable bonds is 5. The molecule has 3 rings (SSSR count). The SMILES string of the molecule is O=C(NCC(O)c1ccc(-c2ccsc2)cc1)Nc1ccccc1F. The molecule has 6 heteroatoms. The molecule has 1 unspecified atom stereocenters. The van der Waals surface area contributed by atoms with Crippen molar-refractivity contribution in [2.75, 3.05) is 11.9 Å². The normalized spacial score (nSPS) is 11.8. The highest BCUT2D eigenvalue weighted by Crippen LogP contribution is 2.24. The van der Waals surface area contributed by atoms with Gasteiger partial charge in [0.15, 0.2) is 0 Å². The van der Waals surface area contributed by atoms with Gasteiger partial charge in [-0.2, -0.15) is 11.3 Å². The van der Waals surface area contributed by atoms with E-state index >= 15 is 0 Å². The molecule has 0 aliphatic heterocycles. The summed E-state index contributed by atoms with van der Waals surface area (Å²) in [4.78, 5) is 11.8. The molecule has 0 spiro atoms. The van der Waals surface area contributed by atoms with Crippen molar-refractivity contribution in [3.8, 4) is 11.1 Å². The number of urea groups is 1. The monoisotopic (exact) mass is 356 g/mol. The van der Waals surface area contributed by atoms with Crippen LogP contribution in [0.3, 0.4) is 0 Å². The van der Waals surface area contributed by atoms with Crippen molar-refractivity contribution in [1.82, 2.24) is 5.32 Å². The summed E-state index contributed by atoms with van der Waals surface area (Å²) in [7, 11) is 0. The number of aliphatic hydroxyl groups excluding tert-OH is 1. The van der Waals surface area contributed by atoms with E-state index in [9.17, 15) is 14.3 Å². The van der Waals surface area contributed by atoms with Gasteiger partial charge >= 0.3 is 6.03 Å². The van der Waals surface area contributed by atoms with E-state index in [0.29, 0.717) is 5.56 Å². The highest BCUT2D eigenvalue weighted by molar-refractivity contribution is 7.08. The lowest BCUT2D eigenvalue weighted by Crippen LogP contribution is -2.32. The molecule has 2 amide bonds. The number of thiophene rings is 1. The van der Waals surface area contributed by atoms with Crippen LogP contribution in [-0.4, -0.2) is 17.7 Å². The second kappa shape index (κ2) is 7.92. The van der Waals surface area contributed by atoms with Crippen molar-refractivity contribution in [1.29, 1.82) is 0 Å².